The van der Waals surface area contributed by atoms with Crippen LogP contribution in [0.5, 0.6) is 0 Å². The summed E-state index contributed by atoms with van der Waals surface area (Å²) in [5, 5.41) is 2.97. The summed E-state index contributed by atoms with van der Waals surface area (Å²) in [6.07, 6.45) is 7.78. The van der Waals surface area contributed by atoms with E-state index in [2.05, 4.69) is 38.3 Å². The monoisotopic (exact) mass is 518 g/mol. The fourth-order valence-corrected chi connectivity index (χ4v) is 3.22. The SMILES string of the molecule is C[C@@H]([Au])[C@H]1CC[C@H](C(=O)Nc2ccncc2)CC1.Cl.Cl.O. The van der Waals surface area contributed by atoms with Gasteiger partial charge in [0, 0.05) is 0 Å². The van der Waals surface area contributed by atoms with Gasteiger partial charge in [0.05, 0.1) is 0 Å². The molecule has 1 aromatic rings. The number of nitrogens with zero attached hydrogens (tertiary/aromatic N) is 1. The van der Waals surface area contributed by atoms with E-state index in [9.17, 15) is 4.79 Å². The number of anilines is 1. The zero-order chi connectivity index (χ0) is 13.0. The molecule has 1 fully saturated rings. The van der Waals surface area contributed by atoms with Gasteiger partial charge in [-0.1, -0.05) is 0 Å². The summed E-state index contributed by atoms with van der Waals surface area (Å²) in [5.74, 6) is 1.12. The van der Waals surface area contributed by atoms with Crippen molar-refractivity contribution in [3.8, 4) is 0 Å². The molecule has 1 amide bonds. The average Bonchev–Trinajstić information content (AvgIpc) is 2.40. The van der Waals surface area contributed by atoms with Gasteiger partial charge in [0.15, 0.2) is 0 Å². The molecule has 3 N–H and O–H groups in total. The van der Waals surface area contributed by atoms with Gasteiger partial charge in [-0.2, -0.15) is 0 Å². The van der Waals surface area contributed by atoms with Crippen LogP contribution in [0.25, 0.3) is 0 Å². The van der Waals surface area contributed by atoms with E-state index in [1.165, 1.54) is 12.8 Å². The van der Waals surface area contributed by atoms with E-state index in [1.54, 1.807) is 12.4 Å². The Balaban J connectivity index is 0. The van der Waals surface area contributed by atoms with Crippen LogP contribution in [0.1, 0.15) is 32.6 Å². The average molecular weight is 519 g/mol. The third-order valence-corrected chi connectivity index (χ3v) is 4.73. The van der Waals surface area contributed by atoms with Gasteiger partial charge in [0.1, 0.15) is 0 Å². The van der Waals surface area contributed by atoms with Gasteiger partial charge in [-0.05, 0) is 0 Å². The first kappa shape index (κ1) is 23.2. The minimum absolute atomic E-state index is 0. The number of aromatic nitrogens is 1. The number of rotatable bonds is 3. The zero-order valence-corrected chi connectivity index (χ0v) is 15.6. The zero-order valence-electron chi connectivity index (χ0n) is 11.8. The molecule has 0 saturated heterocycles. The van der Waals surface area contributed by atoms with Crippen LogP contribution in [0.15, 0.2) is 24.5 Å². The molecule has 0 spiro atoms. The summed E-state index contributed by atoms with van der Waals surface area (Å²) in [6, 6.07) is 3.66. The van der Waals surface area contributed by atoms with Gasteiger partial charge >= 0.3 is 121 Å². The Morgan fingerprint density at radius 3 is 2.24 bits per heavy atom. The first-order chi connectivity index (χ1) is 8.66. The van der Waals surface area contributed by atoms with Crippen molar-refractivity contribution >= 4 is 36.4 Å². The van der Waals surface area contributed by atoms with Crippen LogP contribution in [0.2, 0.25) is 4.14 Å². The number of amides is 1. The molecule has 1 aliphatic rings. The second kappa shape index (κ2) is 11.5. The molecule has 1 aromatic heterocycles. The molecule has 2 rings (SSSR count). The summed E-state index contributed by atoms with van der Waals surface area (Å²) < 4.78 is 0.689. The van der Waals surface area contributed by atoms with Crippen LogP contribution in [-0.2, 0) is 25.9 Å². The fraction of sp³-hybridized carbons (Fsp3) is 0.571. The molecule has 0 aliphatic heterocycles. The molecule has 1 heterocycles. The molecule has 1 atom stereocenters. The Morgan fingerprint density at radius 1 is 1.24 bits per heavy atom. The first-order valence-electron chi connectivity index (χ1n) is 6.47. The van der Waals surface area contributed by atoms with Gasteiger partial charge in [-0.15, -0.1) is 24.8 Å². The molecule has 0 radical (unpaired) electrons. The Morgan fingerprint density at radius 2 is 1.76 bits per heavy atom. The van der Waals surface area contributed by atoms with E-state index in [0.29, 0.717) is 4.14 Å². The number of pyridine rings is 1. The number of halogens is 2. The van der Waals surface area contributed by atoms with E-state index in [1.807, 2.05) is 12.1 Å². The normalized spacial score (nSPS) is 21.9. The Kier molecular flexibility index (Phi) is 12.7. The number of carbonyl (C=O) groups is 1. The maximum Gasteiger partial charge on any atom is -0.147 e. The topological polar surface area (TPSA) is 73.5 Å². The summed E-state index contributed by atoms with van der Waals surface area (Å²) in [4.78, 5) is 16.1. The number of hydrogen-bond donors (Lipinski definition) is 1. The molecule has 4 nitrogen and oxygen atoms in total. The quantitative estimate of drug-likeness (QED) is 0.624. The van der Waals surface area contributed by atoms with Crippen LogP contribution >= 0.6 is 24.8 Å². The summed E-state index contributed by atoms with van der Waals surface area (Å²) in [6.45, 7) is 2.26. The number of carbonyl (C=O) groups excluding carboxylic acids is 1. The molecule has 7 heteroatoms. The van der Waals surface area contributed by atoms with E-state index >= 15 is 0 Å². The molecule has 0 unspecified atom stereocenters. The molecule has 1 saturated carbocycles. The largest absolute Gasteiger partial charge is 0.412 e. The number of nitrogens with one attached hydrogen (secondary N) is 1. The standard InChI is InChI=1S/C14H19N2O.Au.2ClH.H2O/c1-2-11-3-5-12(6-4-11)14(17)16-13-7-9-15-10-8-13;;;;/h2,7-12H,3-6H2,1H3,(H,15,16,17);;2*1H;1H2/t11-,12-;;;;. The number of hydrogen-bond acceptors (Lipinski definition) is 2. The van der Waals surface area contributed by atoms with Crippen molar-refractivity contribution in [3.63, 3.8) is 0 Å². The second-order valence-corrected chi connectivity index (χ2v) is 6.92. The predicted octanol–water partition coefficient (Wildman–Crippen LogP) is 3.20. The summed E-state index contributed by atoms with van der Waals surface area (Å²) in [5.41, 5.74) is 0.845. The maximum absolute atomic E-state index is 12.1. The molecule has 0 aromatic carbocycles. The Bertz CT molecular complexity index is 399. The van der Waals surface area contributed by atoms with E-state index < -0.39 is 0 Å². The molecule has 0 bridgehead atoms. The minimum Gasteiger partial charge on any atom is -0.412 e. The molecular formula is C14H23AuCl2N2O2. The van der Waals surface area contributed by atoms with Crippen LogP contribution in [0, 0.1) is 11.8 Å². The van der Waals surface area contributed by atoms with Crippen molar-refractivity contribution in [3.05, 3.63) is 24.5 Å². The Labute approximate surface area is 150 Å². The van der Waals surface area contributed by atoms with Crippen molar-refractivity contribution < 1.29 is 31.3 Å². The third kappa shape index (κ3) is 7.13. The molecule has 1 aliphatic carbocycles. The van der Waals surface area contributed by atoms with Crippen molar-refractivity contribution in [2.45, 2.75) is 36.7 Å². The van der Waals surface area contributed by atoms with Crippen LogP contribution in [0.3, 0.4) is 0 Å². The van der Waals surface area contributed by atoms with Crippen LogP contribution in [-0.4, -0.2) is 16.4 Å². The van der Waals surface area contributed by atoms with Gasteiger partial charge in [-0.25, -0.2) is 0 Å². The fourth-order valence-electron chi connectivity index (χ4n) is 2.49. The third-order valence-electron chi connectivity index (χ3n) is 3.70. The maximum atomic E-state index is 12.1. The van der Waals surface area contributed by atoms with Crippen LogP contribution in [0.4, 0.5) is 5.69 Å². The van der Waals surface area contributed by atoms with E-state index in [4.69, 9.17) is 0 Å². The molecular weight excluding hydrogens is 496 g/mol. The van der Waals surface area contributed by atoms with Gasteiger partial charge < -0.3 is 5.48 Å². The Hall–Kier alpha value is -0.0997. The first-order valence-corrected chi connectivity index (χ1v) is 7.72. The van der Waals surface area contributed by atoms with Crippen LogP contribution < -0.4 is 5.32 Å². The van der Waals surface area contributed by atoms with Crippen molar-refractivity contribution in [1.82, 2.24) is 4.98 Å². The van der Waals surface area contributed by atoms with Gasteiger partial charge in [-0.3, -0.25) is 0 Å². The second-order valence-electron chi connectivity index (χ2n) is 4.94. The van der Waals surface area contributed by atoms with Crippen molar-refractivity contribution in [2.75, 3.05) is 5.32 Å². The van der Waals surface area contributed by atoms with E-state index in [0.717, 1.165) is 24.4 Å². The predicted molar refractivity (Wildman–Crippen MR) is 85.8 cm³/mol. The van der Waals surface area contributed by atoms with Crippen molar-refractivity contribution in [1.29, 1.82) is 0 Å². The molecule has 126 valence electrons. The molecule has 21 heavy (non-hydrogen) atoms. The van der Waals surface area contributed by atoms with Gasteiger partial charge in [0.25, 0.3) is 0 Å². The minimum atomic E-state index is 0. The van der Waals surface area contributed by atoms with Crippen molar-refractivity contribution in [2.24, 2.45) is 11.8 Å². The summed E-state index contributed by atoms with van der Waals surface area (Å²) in [7, 11) is 0. The smallest absolute Gasteiger partial charge is 0.147 e. The summed E-state index contributed by atoms with van der Waals surface area (Å²) >= 11 is 2.68. The van der Waals surface area contributed by atoms with E-state index in [-0.39, 0.29) is 42.1 Å². The van der Waals surface area contributed by atoms with Gasteiger partial charge in [0.2, 0.25) is 0 Å².